The van der Waals surface area contributed by atoms with Crippen molar-refractivity contribution in [1.82, 2.24) is 14.9 Å². The number of aliphatic carboxylic acids is 1. The molecule has 35 heavy (non-hydrogen) atoms. The topological polar surface area (TPSA) is 66.3 Å². The fraction of sp³-hybridized carbons (Fsp3) is 0.296. The van der Waals surface area contributed by atoms with Gasteiger partial charge in [-0.25, -0.2) is 14.4 Å². The van der Waals surface area contributed by atoms with E-state index in [9.17, 15) is 4.79 Å². The van der Waals surface area contributed by atoms with Gasteiger partial charge in [-0.1, -0.05) is 47.7 Å². The Kier molecular flexibility index (Phi) is 6.11. The average molecular weight is 510 g/mol. The van der Waals surface area contributed by atoms with Gasteiger partial charge in [-0.2, -0.15) is 0 Å². The number of nitrogens with zero attached hydrogens (tertiary/aromatic N) is 3. The highest BCUT2D eigenvalue weighted by Crippen LogP contribution is 2.53. The van der Waals surface area contributed by atoms with E-state index in [-0.39, 0.29) is 35.6 Å². The highest BCUT2D eigenvalue weighted by Gasteiger charge is 2.47. The van der Waals surface area contributed by atoms with Crippen molar-refractivity contribution in [3.05, 3.63) is 83.3 Å². The van der Waals surface area contributed by atoms with Gasteiger partial charge in [0.15, 0.2) is 0 Å². The Balaban J connectivity index is 0.00000253. The number of fused-ring (bicyclic) bond motifs is 1. The fourth-order valence-corrected chi connectivity index (χ4v) is 5.90. The number of carboxylic acid groups (broad SMARTS) is 1. The molecule has 0 radical (unpaired) electrons. The number of rotatable bonds is 6. The van der Waals surface area contributed by atoms with E-state index in [1.807, 2.05) is 25.1 Å². The van der Waals surface area contributed by atoms with Crippen LogP contribution >= 0.6 is 23.7 Å². The van der Waals surface area contributed by atoms with Crippen LogP contribution in [0.3, 0.4) is 0 Å². The first-order chi connectivity index (χ1) is 16.4. The van der Waals surface area contributed by atoms with Crippen LogP contribution in [-0.2, 0) is 10.2 Å². The van der Waals surface area contributed by atoms with Gasteiger partial charge < -0.3 is 5.11 Å². The van der Waals surface area contributed by atoms with Crippen LogP contribution in [0.1, 0.15) is 42.6 Å². The van der Waals surface area contributed by atoms with Gasteiger partial charge in [0.05, 0.1) is 11.6 Å². The smallest absolute Gasteiger partial charge is 0.309 e. The van der Waals surface area contributed by atoms with Crippen molar-refractivity contribution in [1.29, 1.82) is 0 Å². The van der Waals surface area contributed by atoms with Crippen LogP contribution in [0.15, 0.2) is 60.7 Å². The van der Waals surface area contributed by atoms with Crippen molar-refractivity contribution in [3.8, 4) is 10.6 Å². The van der Waals surface area contributed by atoms with E-state index in [1.54, 1.807) is 12.1 Å². The second-order valence-corrected chi connectivity index (χ2v) is 10.4. The van der Waals surface area contributed by atoms with Crippen molar-refractivity contribution in [2.75, 3.05) is 13.1 Å². The van der Waals surface area contributed by atoms with Gasteiger partial charge in [0.1, 0.15) is 21.2 Å². The zero-order chi connectivity index (χ0) is 23.4. The van der Waals surface area contributed by atoms with Crippen LogP contribution in [0.2, 0.25) is 0 Å². The molecule has 8 heteroatoms. The van der Waals surface area contributed by atoms with Gasteiger partial charge in [0.2, 0.25) is 0 Å². The zero-order valence-corrected chi connectivity index (χ0v) is 20.8. The number of benzene rings is 2. The monoisotopic (exact) mass is 509 g/mol. The van der Waals surface area contributed by atoms with E-state index in [0.717, 1.165) is 34.4 Å². The van der Waals surface area contributed by atoms with Gasteiger partial charge >= 0.3 is 5.97 Å². The van der Waals surface area contributed by atoms with E-state index in [0.29, 0.717) is 23.7 Å². The summed E-state index contributed by atoms with van der Waals surface area (Å²) in [5.74, 6) is -1.42. The van der Waals surface area contributed by atoms with E-state index in [2.05, 4.69) is 40.2 Å². The normalized spacial score (nSPS) is 18.0. The third-order valence-corrected chi connectivity index (χ3v) is 8.33. The lowest BCUT2D eigenvalue weighted by atomic mass is 9.92. The molecular formula is C27H25ClFN3O2S. The highest BCUT2D eigenvalue weighted by molar-refractivity contribution is 7.21. The summed E-state index contributed by atoms with van der Waals surface area (Å²) < 4.78 is 15.1. The number of halogens is 2. The maximum absolute atomic E-state index is 15.1. The zero-order valence-electron chi connectivity index (χ0n) is 19.1. The molecule has 1 saturated carbocycles. The Bertz CT molecular complexity index is 1400. The molecule has 1 saturated heterocycles. The van der Waals surface area contributed by atoms with Crippen LogP contribution in [0.4, 0.5) is 4.39 Å². The molecule has 2 aromatic heterocycles. The maximum atomic E-state index is 15.1. The summed E-state index contributed by atoms with van der Waals surface area (Å²) >= 11 is 1.42. The number of carbonyl (C=O) groups is 1. The number of likely N-dealkylation sites (tertiary alicyclic amines) is 1. The molecule has 6 rings (SSSR count). The molecule has 1 N–H and O–H groups in total. The minimum atomic E-state index is -0.769. The largest absolute Gasteiger partial charge is 0.481 e. The third kappa shape index (κ3) is 4.11. The molecular weight excluding hydrogens is 485 g/mol. The summed E-state index contributed by atoms with van der Waals surface area (Å²) in [6, 6.07) is 19.8. The summed E-state index contributed by atoms with van der Waals surface area (Å²) in [6.07, 6.45) is 2.17. The highest BCUT2D eigenvalue weighted by atomic mass is 35.5. The first-order valence-corrected chi connectivity index (χ1v) is 12.4. The summed E-state index contributed by atoms with van der Waals surface area (Å²) in [4.78, 5) is 23.6. The molecule has 2 aromatic carbocycles. The Labute approximate surface area is 213 Å². The van der Waals surface area contributed by atoms with E-state index >= 15 is 4.39 Å². The quantitative estimate of drug-likeness (QED) is 0.341. The van der Waals surface area contributed by atoms with Gasteiger partial charge in [0.25, 0.3) is 0 Å². The molecule has 1 atom stereocenters. The number of hydrogen-bond acceptors (Lipinski definition) is 5. The molecule has 0 spiro atoms. The lowest BCUT2D eigenvalue weighted by Gasteiger charge is -2.41. The molecule has 180 valence electrons. The third-order valence-electron chi connectivity index (χ3n) is 7.33. The minimum absolute atomic E-state index is 0. The first kappa shape index (κ1) is 23.9. The van der Waals surface area contributed by atoms with Crippen molar-refractivity contribution < 1.29 is 14.3 Å². The lowest BCUT2D eigenvalue weighted by molar-refractivity contribution is -0.148. The van der Waals surface area contributed by atoms with E-state index in [1.165, 1.54) is 16.9 Å². The lowest BCUT2D eigenvalue weighted by Crippen LogP contribution is -2.51. The SMILES string of the molecule is C[C@@H](c1ccc(-c2nc3ccc(C4(c5ccccc5)CC4)nc3s2)c(F)c1)N1CC(C(=O)O)C1.Cl. The molecule has 0 unspecified atom stereocenters. The van der Waals surface area contributed by atoms with Gasteiger partial charge in [-0.15, -0.1) is 12.4 Å². The molecule has 3 heterocycles. The predicted octanol–water partition coefficient (Wildman–Crippen LogP) is 6.08. The summed E-state index contributed by atoms with van der Waals surface area (Å²) in [6.45, 7) is 2.97. The van der Waals surface area contributed by atoms with Crippen molar-refractivity contribution in [2.24, 2.45) is 5.92 Å². The molecule has 0 bridgehead atoms. The van der Waals surface area contributed by atoms with E-state index < -0.39 is 5.97 Å². The Morgan fingerprint density at radius 3 is 2.51 bits per heavy atom. The van der Waals surface area contributed by atoms with Gasteiger partial charge in [0, 0.05) is 30.1 Å². The van der Waals surface area contributed by atoms with Crippen LogP contribution < -0.4 is 0 Å². The first-order valence-electron chi connectivity index (χ1n) is 11.5. The van der Waals surface area contributed by atoms with Crippen molar-refractivity contribution in [2.45, 2.75) is 31.2 Å². The predicted molar refractivity (Wildman–Crippen MR) is 138 cm³/mol. The number of thiazole rings is 1. The van der Waals surface area contributed by atoms with Gasteiger partial charge in [-0.05, 0) is 55.2 Å². The standard InChI is InChI=1S/C27H24FN3O2S.ClH/c1-16(31-14-18(15-31)26(32)33)17-7-8-20(21(28)13-17)24-29-22-9-10-23(30-25(22)34-24)27(11-12-27)19-5-3-2-4-6-19;/h2-10,13,16,18H,11-12,14-15H2,1H3,(H,32,33);1H/t16-;/m0./s1. The number of carboxylic acids is 1. The van der Waals surface area contributed by atoms with E-state index in [4.69, 9.17) is 10.1 Å². The fourth-order valence-electron chi connectivity index (χ4n) is 4.93. The van der Waals surface area contributed by atoms with Crippen LogP contribution in [0.25, 0.3) is 20.9 Å². The molecule has 1 aliphatic heterocycles. The van der Waals surface area contributed by atoms with Gasteiger partial charge in [-0.3, -0.25) is 9.69 Å². The Morgan fingerprint density at radius 1 is 1.11 bits per heavy atom. The number of hydrogen-bond donors (Lipinski definition) is 1. The number of aromatic nitrogens is 2. The molecule has 0 amide bonds. The van der Waals surface area contributed by atoms with Crippen molar-refractivity contribution in [3.63, 3.8) is 0 Å². The molecule has 5 nitrogen and oxygen atoms in total. The molecule has 2 aliphatic rings. The maximum Gasteiger partial charge on any atom is 0.309 e. The van der Waals surface area contributed by atoms with Crippen LogP contribution in [0.5, 0.6) is 0 Å². The molecule has 1 aliphatic carbocycles. The summed E-state index contributed by atoms with van der Waals surface area (Å²) in [7, 11) is 0. The summed E-state index contributed by atoms with van der Waals surface area (Å²) in [5.41, 5.74) is 4.42. The van der Waals surface area contributed by atoms with Crippen molar-refractivity contribution >= 4 is 40.1 Å². The van der Waals surface area contributed by atoms with Crippen LogP contribution in [-0.4, -0.2) is 39.0 Å². The summed E-state index contributed by atoms with van der Waals surface area (Å²) in [5, 5.41) is 9.72. The minimum Gasteiger partial charge on any atom is -0.481 e. The number of pyridine rings is 1. The second kappa shape index (κ2) is 8.97. The Hall–Kier alpha value is -2.87. The molecule has 2 fully saturated rings. The Morgan fingerprint density at radius 2 is 1.86 bits per heavy atom. The molecule has 4 aromatic rings. The average Bonchev–Trinajstić information content (AvgIpc) is 3.51. The van der Waals surface area contributed by atoms with Crippen LogP contribution in [0, 0.1) is 11.7 Å². The second-order valence-electron chi connectivity index (χ2n) is 9.39.